The second kappa shape index (κ2) is 22.5. The third-order valence-electron chi connectivity index (χ3n) is 5.23. The van der Waals surface area contributed by atoms with Gasteiger partial charge in [-0.05, 0) is 13.3 Å². The number of unbranched alkanes of at least 4 members (excludes halogenated alkanes) is 18. The van der Waals surface area contributed by atoms with E-state index in [9.17, 15) is 4.79 Å². The van der Waals surface area contributed by atoms with Gasteiger partial charge in [-0.15, -0.1) is 0 Å². The molecule has 0 aliphatic carbocycles. The molecule has 2 heteroatoms. The van der Waals surface area contributed by atoms with Gasteiger partial charge in [0.05, 0.1) is 0 Å². The third kappa shape index (κ3) is 21.5. The van der Waals surface area contributed by atoms with Gasteiger partial charge in [0.2, 0.25) is 0 Å². The Bertz CT molecular complexity index is 275. The average Bonchev–Trinajstić information content (AvgIpc) is 2.64. The minimum absolute atomic E-state index is 0.0838. The van der Waals surface area contributed by atoms with E-state index in [1.165, 1.54) is 116 Å². The predicted octanol–water partition coefficient (Wildman–Crippen LogP) is 8.53. The second-order valence-electron chi connectivity index (χ2n) is 7.84. The van der Waals surface area contributed by atoms with Crippen molar-refractivity contribution in [1.82, 2.24) is 0 Å². The van der Waals surface area contributed by atoms with Crippen LogP contribution in [0.3, 0.4) is 0 Å². The maximum atomic E-state index is 11.2. The fourth-order valence-electron chi connectivity index (χ4n) is 3.54. The molecule has 0 aliphatic heterocycles. The van der Waals surface area contributed by atoms with Crippen LogP contribution in [0, 0.1) is 6.61 Å². The van der Waals surface area contributed by atoms with Gasteiger partial charge in [-0.25, -0.2) is 0 Å². The first-order chi connectivity index (χ1) is 12.8. The predicted molar refractivity (Wildman–Crippen MR) is 114 cm³/mol. The normalized spacial score (nSPS) is 11.0. The average molecular weight is 368 g/mol. The molecule has 0 fully saturated rings. The summed E-state index contributed by atoms with van der Waals surface area (Å²) in [4.78, 5) is 11.2. The van der Waals surface area contributed by atoms with E-state index in [0.29, 0.717) is 6.42 Å². The molecule has 0 aromatic carbocycles. The highest BCUT2D eigenvalue weighted by Gasteiger charge is 2.00. The van der Waals surface area contributed by atoms with Gasteiger partial charge >= 0.3 is 5.97 Å². The molecular weight excluding hydrogens is 320 g/mol. The van der Waals surface area contributed by atoms with Gasteiger partial charge in [0.25, 0.3) is 0 Å². The molecule has 0 spiro atoms. The van der Waals surface area contributed by atoms with Gasteiger partial charge in [-0.1, -0.05) is 122 Å². The van der Waals surface area contributed by atoms with Gasteiger partial charge in [-0.3, -0.25) is 4.79 Å². The molecular formula is C24H47O2. The maximum Gasteiger partial charge on any atom is 0.306 e. The van der Waals surface area contributed by atoms with E-state index < -0.39 is 0 Å². The molecule has 0 bridgehead atoms. The number of rotatable bonds is 21. The fraction of sp³-hybridized carbons (Fsp3) is 0.917. The molecule has 0 saturated carbocycles. The minimum atomic E-state index is -0.0838. The molecule has 0 rings (SSSR count). The number of hydrogen-bond acceptors (Lipinski definition) is 2. The zero-order chi connectivity index (χ0) is 19.1. The summed E-state index contributed by atoms with van der Waals surface area (Å²) in [6.45, 7) is 5.50. The lowest BCUT2D eigenvalue weighted by Gasteiger charge is -2.04. The van der Waals surface area contributed by atoms with Crippen molar-refractivity contribution in [1.29, 1.82) is 0 Å². The fourth-order valence-corrected chi connectivity index (χ4v) is 3.54. The van der Waals surface area contributed by atoms with Crippen LogP contribution < -0.4 is 0 Å². The molecule has 155 valence electrons. The van der Waals surface area contributed by atoms with E-state index in [1.54, 1.807) is 6.92 Å². The van der Waals surface area contributed by atoms with Crippen LogP contribution in [0.15, 0.2) is 0 Å². The van der Waals surface area contributed by atoms with E-state index >= 15 is 0 Å². The van der Waals surface area contributed by atoms with Crippen molar-refractivity contribution >= 4 is 5.97 Å². The number of ether oxygens (including phenoxy) is 1. The largest absolute Gasteiger partial charge is 0.459 e. The monoisotopic (exact) mass is 367 g/mol. The number of carbonyl (C=O) groups excluding carboxylic acids is 1. The van der Waals surface area contributed by atoms with E-state index in [4.69, 9.17) is 4.74 Å². The van der Waals surface area contributed by atoms with Crippen molar-refractivity contribution in [3.63, 3.8) is 0 Å². The Hall–Kier alpha value is -0.530. The Morgan fingerprint density at radius 1 is 0.577 bits per heavy atom. The summed E-state index contributed by atoms with van der Waals surface area (Å²) in [6, 6.07) is 0. The van der Waals surface area contributed by atoms with Crippen molar-refractivity contribution in [2.24, 2.45) is 0 Å². The topological polar surface area (TPSA) is 26.3 Å². The van der Waals surface area contributed by atoms with Crippen LogP contribution in [0.4, 0.5) is 0 Å². The lowest BCUT2D eigenvalue weighted by molar-refractivity contribution is -0.140. The van der Waals surface area contributed by atoms with Gasteiger partial charge in [0, 0.05) is 6.42 Å². The van der Waals surface area contributed by atoms with Crippen molar-refractivity contribution < 1.29 is 9.53 Å². The van der Waals surface area contributed by atoms with Crippen LogP contribution in [0.25, 0.3) is 0 Å². The van der Waals surface area contributed by atoms with Crippen LogP contribution in [0.1, 0.15) is 142 Å². The van der Waals surface area contributed by atoms with Crippen molar-refractivity contribution in [3.8, 4) is 0 Å². The molecule has 0 atom stereocenters. The van der Waals surface area contributed by atoms with Gasteiger partial charge in [-0.2, -0.15) is 0 Å². The molecule has 0 saturated heterocycles. The summed E-state index contributed by atoms with van der Waals surface area (Å²) < 4.78 is 4.81. The molecule has 0 aliphatic rings. The summed E-state index contributed by atoms with van der Waals surface area (Å²) in [6.07, 6.45) is 26.8. The summed E-state index contributed by atoms with van der Waals surface area (Å²) in [7, 11) is 0. The van der Waals surface area contributed by atoms with E-state index in [0.717, 1.165) is 12.8 Å². The summed E-state index contributed by atoms with van der Waals surface area (Å²) in [5.74, 6) is -0.0838. The smallest absolute Gasteiger partial charge is 0.306 e. The third-order valence-corrected chi connectivity index (χ3v) is 5.23. The summed E-state index contributed by atoms with van der Waals surface area (Å²) >= 11 is 0. The first kappa shape index (κ1) is 25.5. The summed E-state index contributed by atoms with van der Waals surface area (Å²) in [5.41, 5.74) is 0. The van der Waals surface area contributed by atoms with Crippen LogP contribution >= 0.6 is 0 Å². The Kier molecular flexibility index (Phi) is 22.1. The van der Waals surface area contributed by atoms with Gasteiger partial charge in [0.15, 0.2) is 0 Å². The van der Waals surface area contributed by atoms with Gasteiger partial charge in [0.1, 0.15) is 6.61 Å². The Balaban J connectivity index is 3.02. The minimum Gasteiger partial charge on any atom is -0.459 e. The molecule has 0 heterocycles. The highest BCUT2D eigenvalue weighted by Crippen LogP contribution is 2.14. The van der Waals surface area contributed by atoms with E-state index in [2.05, 4.69) is 6.92 Å². The van der Waals surface area contributed by atoms with E-state index in [1.807, 2.05) is 0 Å². The zero-order valence-electron chi connectivity index (χ0n) is 18.0. The summed E-state index contributed by atoms with van der Waals surface area (Å²) in [5, 5.41) is 0. The standard InChI is InChI=1S/C24H47O2/c1-3-5-6-7-8-9-10-11-12-13-14-15-16-17-18-19-20-21-22-23-24(25)26-4-2/h4H,3,5-23H2,1-2H3. The Morgan fingerprint density at radius 2 is 0.885 bits per heavy atom. The maximum absolute atomic E-state index is 11.2. The zero-order valence-corrected chi connectivity index (χ0v) is 18.0. The highest BCUT2D eigenvalue weighted by molar-refractivity contribution is 5.69. The first-order valence-electron chi connectivity index (χ1n) is 11.8. The molecule has 26 heavy (non-hydrogen) atoms. The lowest BCUT2D eigenvalue weighted by atomic mass is 10.0. The molecule has 0 unspecified atom stereocenters. The Labute approximate surface area is 164 Å². The lowest BCUT2D eigenvalue weighted by Crippen LogP contribution is -2.00. The van der Waals surface area contributed by atoms with Crippen LogP contribution in [-0.4, -0.2) is 5.97 Å². The molecule has 1 radical (unpaired) electrons. The number of carbonyl (C=O) groups is 1. The molecule has 0 aromatic heterocycles. The number of esters is 1. The highest BCUT2D eigenvalue weighted by atomic mass is 16.5. The van der Waals surface area contributed by atoms with Crippen molar-refractivity contribution in [2.45, 2.75) is 142 Å². The first-order valence-corrected chi connectivity index (χ1v) is 11.8. The van der Waals surface area contributed by atoms with Crippen LogP contribution in [-0.2, 0) is 9.53 Å². The number of hydrogen-bond donors (Lipinski definition) is 0. The van der Waals surface area contributed by atoms with Crippen LogP contribution in [0.2, 0.25) is 0 Å². The van der Waals surface area contributed by atoms with Crippen molar-refractivity contribution in [3.05, 3.63) is 6.61 Å². The molecule has 0 aromatic rings. The van der Waals surface area contributed by atoms with Gasteiger partial charge < -0.3 is 4.74 Å². The molecule has 0 N–H and O–H groups in total. The second-order valence-corrected chi connectivity index (χ2v) is 7.84. The Morgan fingerprint density at radius 3 is 1.19 bits per heavy atom. The van der Waals surface area contributed by atoms with Crippen molar-refractivity contribution in [2.75, 3.05) is 0 Å². The SMILES string of the molecule is C[CH]OC(=O)CCCCCCCCCCCCCCCCCCCCC. The quantitative estimate of drug-likeness (QED) is 0.150. The molecule has 0 amide bonds. The molecule has 2 nitrogen and oxygen atoms in total. The van der Waals surface area contributed by atoms with Crippen LogP contribution in [0.5, 0.6) is 0 Å². The van der Waals surface area contributed by atoms with E-state index in [-0.39, 0.29) is 5.97 Å².